The number of hydrogen-bond acceptors (Lipinski definition) is 4. The number of benzene rings is 2. The number of nitrogens with zero attached hydrogens (tertiary/aromatic N) is 1. The zero-order valence-corrected chi connectivity index (χ0v) is 10.0. The lowest BCUT2D eigenvalue weighted by atomic mass is 9.82. The molecule has 0 saturated carbocycles. The van der Waals surface area contributed by atoms with Crippen molar-refractivity contribution in [2.24, 2.45) is 4.99 Å². The normalized spacial score (nSPS) is 12.8. The summed E-state index contributed by atoms with van der Waals surface area (Å²) in [5.74, 6) is -0.479. The van der Waals surface area contributed by atoms with Gasteiger partial charge in [-0.3, -0.25) is 14.6 Å². The summed E-state index contributed by atoms with van der Waals surface area (Å²) in [5, 5.41) is 0. The Morgan fingerprint density at radius 1 is 0.895 bits per heavy atom. The van der Waals surface area contributed by atoms with Crippen molar-refractivity contribution in [2.45, 2.75) is 0 Å². The van der Waals surface area contributed by atoms with E-state index >= 15 is 0 Å². The molecule has 0 amide bonds. The van der Waals surface area contributed by atoms with Crippen LogP contribution in [0.4, 0.5) is 11.4 Å². The van der Waals surface area contributed by atoms with E-state index in [1.165, 1.54) is 0 Å². The Morgan fingerprint density at radius 3 is 2.05 bits per heavy atom. The first-order chi connectivity index (χ1) is 9.15. The summed E-state index contributed by atoms with van der Waals surface area (Å²) in [6, 6.07) is 9.88. The summed E-state index contributed by atoms with van der Waals surface area (Å²) in [5.41, 5.74) is 7.76. The van der Waals surface area contributed by atoms with Crippen molar-refractivity contribution < 1.29 is 9.59 Å². The summed E-state index contributed by atoms with van der Waals surface area (Å²) in [6.07, 6.45) is 0. The Bertz CT molecular complexity index is 748. The standard InChI is InChI=1S/C15H10N2O2/c1-17-11-7-6-10(16)12-13(11)15(19)9-5-3-2-4-8(9)14(12)18/h2-7H,1,16H2. The number of fused-ring (bicyclic) bond motifs is 2. The minimum atomic E-state index is -0.242. The molecule has 2 aromatic rings. The van der Waals surface area contributed by atoms with Crippen LogP contribution in [0.3, 0.4) is 0 Å². The Balaban J connectivity index is 2.42. The first kappa shape index (κ1) is 11.3. The molecule has 2 N–H and O–H groups in total. The van der Waals surface area contributed by atoms with E-state index in [0.29, 0.717) is 16.8 Å². The molecular formula is C15H10N2O2. The highest BCUT2D eigenvalue weighted by molar-refractivity contribution is 6.31. The first-order valence-corrected chi connectivity index (χ1v) is 5.72. The average molecular weight is 250 g/mol. The molecule has 0 radical (unpaired) electrons. The van der Waals surface area contributed by atoms with Crippen molar-refractivity contribution in [2.75, 3.05) is 5.73 Å². The predicted molar refractivity (Wildman–Crippen MR) is 73.4 cm³/mol. The molecule has 0 atom stereocenters. The summed E-state index contributed by atoms with van der Waals surface area (Å²) in [7, 11) is 0. The number of nitrogen functional groups attached to an aromatic ring is 1. The molecule has 19 heavy (non-hydrogen) atoms. The lowest BCUT2D eigenvalue weighted by molar-refractivity contribution is 0.0980. The van der Waals surface area contributed by atoms with Crippen LogP contribution in [0, 0.1) is 0 Å². The van der Waals surface area contributed by atoms with Crippen molar-refractivity contribution in [3.8, 4) is 0 Å². The fraction of sp³-hybridized carbons (Fsp3) is 0. The van der Waals surface area contributed by atoms with Gasteiger partial charge in [0.2, 0.25) is 0 Å². The molecule has 4 heteroatoms. The molecule has 1 aliphatic carbocycles. The maximum absolute atomic E-state index is 12.5. The molecule has 0 bridgehead atoms. The van der Waals surface area contributed by atoms with Gasteiger partial charge < -0.3 is 5.73 Å². The van der Waals surface area contributed by atoms with Gasteiger partial charge in [0.1, 0.15) is 0 Å². The Kier molecular flexibility index (Phi) is 2.32. The fourth-order valence-corrected chi connectivity index (χ4v) is 2.36. The Morgan fingerprint density at radius 2 is 1.47 bits per heavy atom. The van der Waals surface area contributed by atoms with E-state index in [2.05, 4.69) is 11.7 Å². The Hall–Kier alpha value is -2.75. The quantitative estimate of drug-likeness (QED) is 0.532. The summed E-state index contributed by atoms with van der Waals surface area (Å²) in [4.78, 5) is 28.7. The molecule has 3 rings (SSSR count). The number of nitrogens with two attached hydrogens (primary N) is 1. The average Bonchev–Trinajstić information content (AvgIpc) is 2.44. The van der Waals surface area contributed by atoms with E-state index in [9.17, 15) is 9.59 Å². The van der Waals surface area contributed by atoms with Gasteiger partial charge in [-0.15, -0.1) is 0 Å². The number of carbonyl (C=O) groups is 2. The molecule has 92 valence electrons. The minimum Gasteiger partial charge on any atom is -0.398 e. The smallest absolute Gasteiger partial charge is 0.196 e. The monoisotopic (exact) mass is 250 g/mol. The number of hydrogen-bond donors (Lipinski definition) is 1. The molecule has 0 spiro atoms. The third-order valence-corrected chi connectivity index (χ3v) is 3.26. The van der Waals surface area contributed by atoms with Crippen molar-refractivity contribution in [3.63, 3.8) is 0 Å². The number of ketones is 2. The van der Waals surface area contributed by atoms with Crippen LogP contribution in [0.15, 0.2) is 41.4 Å². The van der Waals surface area contributed by atoms with Crippen molar-refractivity contribution in [1.82, 2.24) is 0 Å². The fourth-order valence-electron chi connectivity index (χ4n) is 2.36. The van der Waals surface area contributed by atoms with E-state index in [1.807, 2.05) is 0 Å². The zero-order valence-electron chi connectivity index (χ0n) is 10.0. The summed E-state index contributed by atoms with van der Waals surface area (Å²) < 4.78 is 0. The van der Waals surface area contributed by atoms with E-state index in [-0.39, 0.29) is 28.4 Å². The van der Waals surface area contributed by atoms with Gasteiger partial charge in [0.25, 0.3) is 0 Å². The second-order valence-corrected chi connectivity index (χ2v) is 4.29. The van der Waals surface area contributed by atoms with Gasteiger partial charge in [-0.25, -0.2) is 0 Å². The second-order valence-electron chi connectivity index (χ2n) is 4.29. The van der Waals surface area contributed by atoms with Crippen LogP contribution < -0.4 is 5.73 Å². The summed E-state index contributed by atoms with van der Waals surface area (Å²) >= 11 is 0. The van der Waals surface area contributed by atoms with Gasteiger partial charge in [-0.05, 0) is 18.9 Å². The lowest BCUT2D eigenvalue weighted by Crippen LogP contribution is -2.22. The van der Waals surface area contributed by atoms with Crippen molar-refractivity contribution in [1.29, 1.82) is 0 Å². The zero-order chi connectivity index (χ0) is 13.6. The van der Waals surface area contributed by atoms with Crippen LogP contribution in [0.25, 0.3) is 0 Å². The van der Waals surface area contributed by atoms with E-state index in [0.717, 1.165) is 0 Å². The molecule has 0 aliphatic heterocycles. The predicted octanol–water partition coefficient (Wildman–Crippen LogP) is 2.38. The minimum absolute atomic E-state index is 0.230. The summed E-state index contributed by atoms with van der Waals surface area (Å²) in [6.45, 7) is 3.43. The topological polar surface area (TPSA) is 72.5 Å². The van der Waals surface area contributed by atoms with Gasteiger partial charge in [0.15, 0.2) is 11.6 Å². The SMILES string of the molecule is C=Nc1ccc(N)c2c1C(=O)c1ccccc1C2=O. The largest absolute Gasteiger partial charge is 0.398 e. The van der Waals surface area contributed by atoms with Gasteiger partial charge in [0.05, 0.1) is 16.8 Å². The van der Waals surface area contributed by atoms with Crippen LogP contribution >= 0.6 is 0 Å². The van der Waals surface area contributed by atoms with Crippen molar-refractivity contribution in [3.05, 3.63) is 58.7 Å². The van der Waals surface area contributed by atoms with Gasteiger partial charge in [-0.1, -0.05) is 24.3 Å². The highest BCUT2D eigenvalue weighted by Crippen LogP contribution is 2.36. The Labute approximate surface area is 109 Å². The molecule has 0 heterocycles. The highest BCUT2D eigenvalue weighted by Gasteiger charge is 2.32. The lowest BCUT2D eigenvalue weighted by Gasteiger charge is -2.19. The number of carbonyl (C=O) groups excluding carboxylic acids is 2. The molecular weight excluding hydrogens is 240 g/mol. The van der Waals surface area contributed by atoms with Crippen LogP contribution in [0.2, 0.25) is 0 Å². The van der Waals surface area contributed by atoms with Crippen LogP contribution in [-0.4, -0.2) is 18.3 Å². The van der Waals surface area contributed by atoms with E-state index < -0.39 is 0 Å². The maximum Gasteiger partial charge on any atom is 0.196 e. The molecule has 0 unspecified atom stereocenters. The van der Waals surface area contributed by atoms with Crippen molar-refractivity contribution >= 4 is 29.7 Å². The molecule has 2 aromatic carbocycles. The molecule has 0 saturated heterocycles. The van der Waals surface area contributed by atoms with Crippen LogP contribution in [0.5, 0.6) is 0 Å². The molecule has 0 aromatic heterocycles. The number of aliphatic imine (C=N–C) groups is 1. The third-order valence-electron chi connectivity index (χ3n) is 3.26. The van der Waals surface area contributed by atoms with Crippen LogP contribution in [0.1, 0.15) is 31.8 Å². The van der Waals surface area contributed by atoms with Gasteiger partial charge in [-0.2, -0.15) is 0 Å². The molecule has 1 aliphatic rings. The van der Waals surface area contributed by atoms with Gasteiger partial charge >= 0.3 is 0 Å². The molecule has 4 nitrogen and oxygen atoms in total. The van der Waals surface area contributed by atoms with E-state index in [1.54, 1.807) is 36.4 Å². The maximum atomic E-state index is 12.5. The number of anilines is 1. The first-order valence-electron chi connectivity index (χ1n) is 5.72. The second kappa shape index (κ2) is 3.88. The van der Waals surface area contributed by atoms with E-state index in [4.69, 9.17) is 5.73 Å². The number of rotatable bonds is 1. The van der Waals surface area contributed by atoms with Gasteiger partial charge in [0, 0.05) is 16.8 Å². The highest BCUT2D eigenvalue weighted by atomic mass is 16.1. The third kappa shape index (κ3) is 1.43. The van der Waals surface area contributed by atoms with Crippen LogP contribution in [-0.2, 0) is 0 Å². The molecule has 0 fully saturated rings.